The molecule has 0 rings (SSSR count). The summed E-state index contributed by atoms with van der Waals surface area (Å²) in [4.78, 5) is 0. The molecule has 0 aliphatic carbocycles. The van der Waals surface area contributed by atoms with E-state index < -0.39 is 5.86 Å². The first-order chi connectivity index (χ1) is 1.73. The Labute approximate surface area is 56.4 Å². The normalized spacial score (nSPS) is 16.0. The van der Waals surface area contributed by atoms with Crippen molar-refractivity contribution in [3.8, 4) is 0 Å². The summed E-state index contributed by atoms with van der Waals surface area (Å²) in [5, 5.41) is 0. The van der Waals surface area contributed by atoms with Crippen LogP contribution in [0.5, 0.6) is 0 Å². The molecule has 0 bridgehead atoms. The fourth-order valence-corrected chi connectivity index (χ4v) is 0. The van der Waals surface area contributed by atoms with Crippen molar-refractivity contribution in [1.29, 1.82) is 1.28 Å². The second-order valence-corrected chi connectivity index (χ2v) is 5.10. The van der Waals surface area contributed by atoms with Gasteiger partial charge >= 0.3 is 0 Å². The van der Waals surface area contributed by atoms with Gasteiger partial charge in [-0.2, -0.15) is 0 Å². The second-order valence-electron chi connectivity index (χ2n) is 0.0845. The van der Waals surface area contributed by atoms with E-state index in [1.165, 1.54) is 0 Å². The molecule has 1 radical (unpaired) electrons. The van der Waals surface area contributed by atoms with Gasteiger partial charge in [0.2, 0.25) is 0 Å². The van der Waals surface area contributed by atoms with Crippen molar-refractivity contribution < 1.29 is 18.6 Å². The van der Waals surface area contributed by atoms with Crippen molar-refractivity contribution in [2.75, 3.05) is 0 Å². The molecule has 0 aromatic carbocycles. The molecule has 4 heteroatoms. The van der Waals surface area contributed by atoms with Crippen LogP contribution >= 0.6 is 36.8 Å². The van der Waals surface area contributed by atoms with Crippen LogP contribution in [0.25, 0.3) is 0 Å². The Kier molecular flexibility index (Phi) is 13.8. The van der Waals surface area contributed by atoms with Gasteiger partial charge in [0.15, 0.2) is 0 Å². The summed E-state index contributed by atoms with van der Waals surface area (Å²) in [7, 11) is 3.03. The van der Waals surface area contributed by atoms with Gasteiger partial charge in [-0.1, -0.05) is 22.0 Å². The van der Waals surface area contributed by atoms with Crippen LogP contribution in [-0.2, 0) is 18.6 Å². The van der Waals surface area contributed by atoms with Crippen molar-refractivity contribution in [3.63, 3.8) is 0 Å². The van der Waals surface area contributed by atoms with E-state index in [0.29, 0.717) is 0 Å². The Morgan fingerprint density at radius 3 is 2.25 bits per heavy atom. The topological polar surface area (TPSA) is 0 Å². The van der Waals surface area contributed by atoms with E-state index >= 15 is 0 Å². The van der Waals surface area contributed by atoms with Gasteiger partial charge in [-0.05, 0) is 0 Å². The van der Waals surface area contributed by atoms with Crippen molar-refractivity contribution in [2.45, 2.75) is 0 Å². The third-order valence-electron chi connectivity index (χ3n) is 0. The molecule has 0 nitrogen and oxygen atoms in total. The maximum absolute atomic E-state index is 6.55. The summed E-state index contributed by atoms with van der Waals surface area (Å²) in [6, 6.07) is 0. The Hall–Kier alpha value is 2.17. The molecule has 1 unspecified atom stereocenters. The summed E-state index contributed by atoms with van der Waals surface area (Å²) < 4.78 is 6.55. The molecule has 0 saturated carbocycles. The minimum Gasteiger partial charge on any atom is -0.519 e. The number of halogens is 1. The van der Waals surface area contributed by atoms with Gasteiger partial charge in [-0.25, -0.2) is 5.86 Å². The van der Waals surface area contributed by atoms with Gasteiger partial charge in [0, 0.05) is 19.8 Å². The Morgan fingerprint density at radius 2 is 2.25 bits per heavy atom. The molecular formula is H2IP2V-. The maximum atomic E-state index is 6.55. The fourth-order valence-electron chi connectivity index (χ4n) is 0. The van der Waals surface area contributed by atoms with Crippen LogP contribution in [-0.4, -0.2) is 1.28 Å². The summed E-state index contributed by atoms with van der Waals surface area (Å²) >= 11 is 1.99. The van der Waals surface area contributed by atoms with Crippen LogP contribution in [0.3, 0.4) is 0 Å². The van der Waals surface area contributed by atoms with Crippen molar-refractivity contribution in [2.24, 2.45) is 0 Å². The summed E-state index contributed by atoms with van der Waals surface area (Å²) in [6.45, 7) is 0. The SMILES string of the molecule is [2H]P([PH-])I.[V]. The monoisotopic (exact) mass is 243 g/mol. The van der Waals surface area contributed by atoms with Crippen molar-refractivity contribution in [3.05, 3.63) is 0 Å². The molecule has 0 spiro atoms. The van der Waals surface area contributed by atoms with Gasteiger partial charge < -0.3 is 8.93 Å². The molecule has 0 N–H and O–H groups in total. The van der Waals surface area contributed by atoms with E-state index in [0.717, 1.165) is 0 Å². The molecular weight excluding hydrogens is 240 g/mol. The largest absolute Gasteiger partial charge is 0.519 e. The molecule has 1 atom stereocenters. The van der Waals surface area contributed by atoms with Crippen molar-refractivity contribution in [1.82, 2.24) is 0 Å². The summed E-state index contributed by atoms with van der Waals surface area (Å²) in [6.07, 6.45) is 0. The summed E-state index contributed by atoms with van der Waals surface area (Å²) in [5.74, 6) is -0.595. The average molecular weight is 243 g/mol. The predicted molar refractivity (Wildman–Crippen MR) is 30.6 cm³/mol. The molecule has 0 fully saturated rings. The standard InChI is InChI=1S/H2IP2.V/c1-3-2;/h2-3H;/q-1;/i3D;. The minimum absolute atomic E-state index is 0. The first-order valence-electron chi connectivity index (χ1n) is 0.840. The van der Waals surface area contributed by atoms with Gasteiger partial charge in [-0.3, -0.25) is 0 Å². The molecule has 0 amide bonds. The van der Waals surface area contributed by atoms with Crippen LogP contribution in [0.2, 0.25) is 0 Å². The first-order valence-corrected chi connectivity index (χ1v) is 5.41. The van der Waals surface area contributed by atoms with E-state index in [1.807, 2.05) is 22.0 Å². The fraction of sp³-hybridized carbons (Fsp3) is 0. The summed E-state index contributed by atoms with van der Waals surface area (Å²) in [5.41, 5.74) is 0. The zero-order valence-corrected chi connectivity index (χ0v) is 7.22. The predicted octanol–water partition coefficient (Wildman–Crippen LogP) is 2.07. The van der Waals surface area contributed by atoms with E-state index in [2.05, 4.69) is 8.93 Å². The maximum Gasteiger partial charge on any atom is 0.0354 e. The average Bonchev–Trinajstić information content (AvgIpc) is 0.811. The Balaban J connectivity index is 0. The number of rotatable bonds is 0. The molecule has 4 heavy (non-hydrogen) atoms. The third kappa shape index (κ3) is 8.90. The number of hydrogen-bond acceptors (Lipinski definition) is 0. The van der Waals surface area contributed by atoms with Crippen LogP contribution in [0, 0.1) is 0 Å². The van der Waals surface area contributed by atoms with Crippen LogP contribution in [0.4, 0.5) is 0 Å². The molecule has 0 aromatic heterocycles. The minimum atomic E-state index is -0.595. The quantitative estimate of drug-likeness (QED) is 0.451. The van der Waals surface area contributed by atoms with Gasteiger partial charge in [0.1, 0.15) is 0 Å². The smallest absolute Gasteiger partial charge is 0.0354 e. The van der Waals surface area contributed by atoms with E-state index in [-0.39, 0.29) is 18.6 Å². The molecule has 0 aliphatic heterocycles. The third-order valence-corrected chi connectivity index (χ3v) is 0. The van der Waals surface area contributed by atoms with Crippen molar-refractivity contribution >= 4 is 36.8 Å². The number of hydrogen-bond donors (Lipinski definition) is 0. The zero-order chi connectivity index (χ0) is 3.58. The zero-order valence-electron chi connectivity index (χ0n) is 2.77. The van der Waals surface area contributed by atoms with E-state index in [4.69, 9.17) is 1.28 Å². The molecule has 0 heterocycles. The molecule has 0 saturated heterocycles. The first kappa shape index (κ1) is 6.17. The van der Waals surface area contributed by atoms with Crippen LogP contribution < -0.4 is 0 Å². The van der Waals surface area contributed by atoms with E-state index in [1.54, 1.807) is 0 Å². The second kappa shape index (κ2) is 8.95. The van der Waals surface area contributed by atoms with Crippen LogP contribution in [0.15, 0.2) is 0 Å². The molecule has 25 valence electrons. The van der Waals surface area contributed by atoms with E-state index in [9.17, 15) is 0 Å². The van der Waals surface area contributed by atoms with Gasteiger partial charge in [0.05, 0.1) is 0 Å². The van der Waals surface area contributed by atoms with Gasteiger partial charge in [0.25, 0.3) is 0 Å². The Morgan fingerprint density at radius 1 is 2.25 bits per heavy atom. The Bertz CT molecular complexity index is 14.4. The molecule has 0 aromatic rings. The van der Waals surface area contributed by atoms with Gasteiger partial charge in [-0.15, -0.1) is 0 Å². The molecule has 0 aliphatic rings. The van der Waals surface area contributed by atoms with Crippen LogP contribution in [0.1, 0.15) is 0 Å².